The maximum absolute atomic E-state index is 13.1. The van der Waals surface area contributed by atoms with Crippen LogP contribution in [0.2, 0.25) is 0 Å². The molecule has 3 heterocycles. The predicted molar refractivity (Wildman–Crippen MR) is 106 cm³/mol. The number of amides is 1. The lowest BCUT2D eigenvalue weighted by Crippen LogP contribution is -2.35. The van der Waals surface area contributed by atoms with Gasteiger partial charge in [-0.25, -0.2) is 4.98 Å². The summed E-state index contributed by atoms with van der Waals surface area (Å²) in [4.78, 5) is 32.5. The molecule has 2 aliphatic heterocycles. The lowest BCUT2D eigenvalue weighted by molar-refractivity contribution is -0.129. The zero-order chi connectivity index (χ0) is 18.8. The average molecular weight is 388 g/mol. The number of carbonyl (C=O) groups is 1. The summed E-state index contributed by atoms with van der Waals surface area (Å²) < 4.78 is 7.45. The molecule has 0 radical (unpaired) electrons. The highest BCUT2D eigenvalue weighted by atomic mass is 32.2. The Morgan fingerprint density at radius 2 is 2.07 bits per heavy atom. The van der Waals surface area contributed by atoms with Crippen LogP contribution in [0, 0.1) is 0 Å². The van der Waals surface area contributed by atoms with Gasteiger partial charge in [-0.3, -0.25) is 14.2 Å². The molecule has 7 heteroatoms. The zero-order valence-electron chi connectivity index (χ0n) is 15.6. The summed E-state index contributed by atoms with van der Waals surface area (Å²) in [5, 5.41) is 0.944. The number of carbonyl (C=O) groups excluding carboxylic acids is 1. The van der Waals surface area contributed by atoms with Crippen molar-refractivity contribution in [1.29, 1.82) is 0 Å². The van der Waals surface area contributed by atoms with E-state index in [1.54, 1.807) is 4.57 Å². The third-order valence-electron chi connectivity index (χ3n) is 5.28. The number of rotatable bonds is 5. The molecule has 6 nitrogen and oxygen atoms in total. The first-order valence-electron chi connectivity index (χ1n) is 9.70. The summed E-state index contributed by atoms with van der Waals surface area (Å²) >= 11 is 1.38. The Kier molecular flexibility index (Phi) is 5.50. The van der Waals surface area contributed by atoms with Crippen LogP contribution < -0.4 is 5.56 Å². The van der Waals surface area contributed by atoms with Crippen LogP contribution in [0.15, 0.2) is 34.2 Å². The summed E-state index contributed by atoms with van der Waals surface area (Å²) in [6.07, 6.45) is 4.15. The third kappa shape index (κ3) is 3.89. The molecule has 0 aliphatic carbocycles. The molecule has 2 fully saturated rings. The van der Waals surface area contributed by atoms with E-state index in [-0.39, 0.29) is 22.8 Å². The monoisotopic (exact) mass is 387 g/mol. The maximum atomic E-state index is 13.1. The number of thioether (sulfide) groups is 1. The minimum atomic E-state index is -0.271. The van der Waals surface area contributed by atoms with Crippen LogP contribution in [0.5, 0.6) is 0 Å². The fraction of sp³-hybridized carbons (Fsp3) is 0.550. The van der Waals surface area contributed by atoms with Crippen molar-refractivity contribution < 1.29 is 9.53 Å². The Labute approximate surface area is 162 Å². The van der Waals surface area contributed by atoms with Crippen molar-refractivity contribution in [2.45, 2.75) is 55.7 Å². The first-order chi connectivity index (χ1) is 13.1. The molecule has 144 valence electrons. The van der Waals surface area contributed by atoms with E-state index in [4.69, 9.17) is 9.72 Å². The van der Waals surface area contributed by atoms with Gasteiger partial charge < -0.3 is 9.64 Å². The summed E-state index contributed by atoms with van der Waals surface area (Å²) in [5.74, 6) is 0.128. The maximum Gasteiger partial charge on any atom is 0.262 e. The highest BCUT2D eigenvalue weighted by molar-refractivity contribution is 8.00. The fourth-order valence-electron chi connectivity index (χ4n) is 3.79. The summed E-state index contributed by atoms with van der Waals surface area (Å²) in [6, 6.07) is 7.40. The van der Waals surface area contributed by atoms with Gasteiger partial charge in [-0.1, -0.05) is 23.9 Å². The van der Waals surface area contributed by atoms with Crippen molar-refractivity contribution >= 4 is 28.6 Å². The Morgan fingerprint density at radius 1 is 1.30 bits per heavy atom. The lowest BCUT2D eigenvalue weighted by atomic mass is 10.2. The van der Waals surface area contributed by atoms with Gasteiger partial charge in [0.15, 0.2) is 5.16 Å². The van der Waals surface area contributed by atoms with Gasteiger partial charge in [-0.05, 0) is 44.7 Å². The molecule has 0 unspecified atom stereocenters. The number of nitrogens with zero attached hydrogens (tertiary/aromatic N) is 3. The van der Waals surface area contributed by atoms with Crippen molar-refractivity contribution in [2.75, 3.05) is 19.7 Å². The van der Waals surface area contributed by atoms with Crippen LogP contribution in [-0.4, -0.2) is 51.4 Å². The molecule has 27 heavy (non-hydrogen) atoms. The second kappa shape index (κ2) is 8.02. The molecule has 1 amide bonds. The van der Waals surface area contributed by atoms with Crippen molar-refractivity contribution in [3.8, 4) is 0 Å². The van der Waals surface area contributed by atoms with Gasteiger partial charge in [0.25, 0.3) is 5.56 Å². The number of hydrogen-bond donors (Lipinski definition) is 0. The minimum Gasteiger partial charge on any atom is -0.376 e. The number of aromatic nitrogens is 2. The van der Waals surface area contributed by atoms with Gasteiger partial charge in [0, 0.05) is 19.7 Å². The number of ether oxygens (including phenoxy) is 1. The van der Waals surface area contributed by atoms with E-state index < -0.39 is 0 Å². The van der Waals surface area contributed by atoms with Gasteiger partial charge in [-0.2, -0.15) is 0 Å². The number of hydrogen-bond acceptors (Lipinski definition) is 5. The topological polar surface area (TPSA) is 64.4 Å². The van der Waals surface area contributed by atoms with Crippen LogP contribution in [0.25, 0.3) is 10.9 Å². The molecule has 0 N–H and O–H groups in total. The predicted octanol–water partition coefficient (Wildman–Crippen LogP) is 2.68. The van der Waals surface area contributed by atoms with E-state index >= 15 is 0 Å². The highest BCUT2D eigenvalue weighted by Crippen LogP contribution is 2.26. The van der Waals surface area contributed by atoms with E-state index in [2.05, 4.69) is 0 Å². The van der Waals surface area contributed by atoms with Gasteiger partial charge in [0.2, 0.25) is 5.91 Å². The Morgan fingerprint density at radius 3 is 2.81 bits per heavy atom. The van der Waals surface area contributed by atoms with Crippen LogP contribution >= 0.6 is 11.8 Å². The number of fused-ring (bicyclic) bond motifs is 1. The summed E-state index contributed by atoms with van der Waals surface area (Å²) in [6.45, 7) is 4.80. The van der Waals surface area contributed by atoms with E-state index in [9.17, 15) is 9.59 Å². The number of benzene rings is 1. The van der Waals surface area contributed by atoms with Crippen LogP contribution in [-0.2, 0) is 16.1 Å². The van der Waals surface area contributed by atoms with Crippen LogP contribution in [0.3, 0.4) is 0 Å². The molecule has 2 saturated heterocycles. The van der Waals surface area contributed by atoms with Crippen molar-refractivity contribution in [2.24, 2.45) is 0 Å². The van der Waals surface area contributed by atoms with E-state index in [1.807, 2.05) is 36.1 Å². The molecule has 0 saturated carbocycles. The van der Waals surface area contributed by atoms with Crippen LogP contribution in [0.1, 0.15) is 32.6 Å². The highest BCUT2D eigenvalue weighted by Gasteiger charge is 2.27. The lowest BCUT2D eigenvalue weighted by Gasteiger charge is -2.21. The summed E-state index contributed by atoms with van der Waals surface area (Å²) in [5.41, 5.74) is 0.619. The quantitative estimate of drug-likeness (QED) is 0.583. The molecule has 1 aromatic carbocycles. The largest absolute Gasteiger partial charge is 0.376 e. The molecule has 0 bridgehead atoms. The normalized spacial score (nSPS) is 21.1. The Bertz CT molecular complexity index is 886. The van der Waals surface area contributed by atoms with Crippen molar-refractivity contribution in [3.05, 3.63) is 34.6 Å². The molecular formula is C20H25N3O3S. The first kappa shape index (κ1) is 18.5. The summed E-state index contributed by atoms with van der Waals surface area (Å²) in [7, 11) is 0. The zero-order valence-corrected chi connectivity index (χ0v) is 16.4. The second-order valence-corrected chi connectivity index (χ2v) is 8.56. The Balaban J connectivity index is 1.66. The second-order valence-electron chi connectivity index (χ2n) is 7.25. The first-order valence-corrected chi connectivity index (χ1v) is 10.6. The van der Waals surface area contributed by atoms with Gasteiger partial charge in [-0.15, -0.1) is 0 Å². The number of likely N-dealkylation sites (tertiary alicyclic amines) is 1. The molecule has 2 aromatic rings. The molecule has 1 aromatic heterocycles. The van der Waals surface area contributed by atoms with E-state index in [0.29, 0.717) is 22.6 Å². The van der Waals surface area contributed by atoms with E-state index in [0.717, 1.165) is 45.4 Å². The average Bonchev–Trinajstić information content (AvgIpc) is 3.38. The number of para-hydroxylation sites is 1. The Hall–Kier alpha value is -1.86. The molecule has 4 rings (SSSR count). The molecule has 0 spiro atoms. The van der Waals surface area contributed by atoms with Gasteiger partial charge in [0.05, 0.1) is 28.8 Å². The van der Waals surface area contributed by atoms with Gasteiger partial charge >= 0.3 is 0 Å². The van der Waals surface area contributed by atoms with Crippen molar-refractivity contribution in [1.82, 2.24) is 14.5 Å². The van der Waals surface area contributed by atoms with Gasteiger partial charge in [0.1, 0.15) is 0 Å². The van der Waals surface area contributed by atoms with Crippen molar-refractivity contribution in [3.63, 3.8) is 0 Å². The third-order valence-corrected chi connectivity index (χ3v) is 6.36. The molecule has 2 atom stereocenters. The smallest absolute Gasteiger partial charge is 0.262 e. The SMILES string of the molecule is C[C@@H](Sc1nc2ccccc2c(=O)n1C[C@@H]1CCCO1)C(=O)N1CCCC1. The van der Waals surface area contributed by atoms with Crippen LogP contribution in [0.4, 0.5) is 0 Å². The molecule has 2 aliphatic rings. The molecular weight excluding hydrogens is 362 g/mol. The fourth-order valence-corrected chi connectivity index (χ4v) is 4.80. The standard InChI is InChI=1S/C20H25N3O3S/c1-14(18(24)22-10-4-5-11-22)27-20-21-17-9-3-2-8-16(17)19(25)23(20)13-15-7-6-12-26-15/h2-3,8-9,14-15H,4-7,10-13H2,1H3/t14-,15+/m1/s1. The van der Waals surface area contributed by atoms with E-state index in [1.165, 1.54) is 11.8 Å². The minimum absolute atomic E-state index is 0.0367.